The van der Waals surface area contributed by atoms with E-state index in [0.29, 0.717) is 44.1 Å². The number of ketones is 1. The molecule has 0 atom stereocenters. The van der Waals surface area contributed by atoms with Gasteiger partial charge in [0.1, 0.15) is 5.78 Å². The first-order valence-corrected chi connectivity index (χ1v) is 14.8. The Balaban J connectivity index is 1.31. The third-order valence-electron chi connectivity index (χ3n) is 6.88. The van der Waals surface area contributed by atoms with E-state index in [9.17, 15) is 18.3 Å². The number of pyridine rings is 1. The fourth-order valence-electron chi connectivity index (χ4n) is 4.57. The second kappa shape index (κ2) is 10.8. The van der Waals surface area contributed by atoms with Crippen LogP contribution in [0.4, 0.5) is 0 Å². The van der Waals surface area contributed by atoms with Crippen LogP contribution in [-0.4, -0.2) is 40.2 Å². The van der Waals surface area contributed by atoms with Crippen LogP contribution in [0.2, 0.25) is 10.0 Å². The van der Waals surface area contributed by atoms with Crippen molar-refractivity contribution in [2.45, 2.75) is 49.5 Å². The van der Waals surface area contributed by atoms with Crippen molar-refractivity contribution in [1.29, 1.82) is 0 Å². The number of aliphatic hydroxyl groups is 1. The average molecular weight is 586 g/mol. The zero-order valence-corrected chi connectivity index (χ0v) is 23.4. The van der Waals surface area contributed by atoms with E-state index in [2.05, 4.69) is 15.1 Å². The van der Waals surface area contributed by atoms with Crippen LogP contribution in [0.1, 0.15) is 48.0 Å². The van der Waals surface area contributed by atoms with Crippen LogP contribution in [0.25, 0.3) is 11.5 Å². The first-order valence-electron chi connectivity index (χ1n) is 12.4. The summed E-state index contributed by atoms with van der Waals surface area (Å²) >= 11 is 13.4. The number of aromatic nitrogens is 3. The maximum Gasteiger partial charge on any atom is 0.259 e. The second-order valence-electron chi connectivity index (χ2n) is 9.58. The highest BCUT2D eigenvalue weighted by atomic mass is 35.5. The number of Topliss-reactive ketones (excluding diaryl/α,β-unsaturated/α-hetero) is 1. The summed E-state index contributed by atoms with van der Waals surface area (Å²) in [6.07, 6.45) is 3.35. The topological polar surface area (TPSA) is 123 Å². The molecule has 1 aliphatic rings. The Morgan fingerprint density at radius 1 is 1.03 bits per heavy atom. The van der Waals surface area contributed by atoms with Gasteiger partial charge in [-0.3, -0.25) is 9.78 Å². The minimum Gasteiger partial charge on any atom is -0.390 e. The average Bonchev–Trinajstić information content (AvgIpc) is 3.54. The fourth-order valence-corrected chi connectivity index (χ4v) is 6.35. The first kappa shape index (κ1) is 27.5. The molecule has 2 heterocycles. The molecule has 8 nitrogen and oxygen atoms in total. The van der Waals surface area contributed by atoms with Crippen molar-refractivity contribution in [3.63, 3.8) is 0 Å². The summed E-state index contributed by atoms with van der Waals surface area (Å²) in [5, 5.41) is 14.3. The molecule has 0 amide bonds. The first-order chi connectivity index (χ1) is 18.6. The van der Waals surface area contributed by atoms with Gasteiger partial charge in [-0.25, -0.2) is 8.42 Å². The number of hydrogen-bond acceptors (Lipinski definition) is 8. The van der Waals surface area contributed by atoms with E-state index < -0.39 is 15.3 Å². The van der Waals surface area contributed by atoms with Gasteiger partial charge in [0.25, 0.3) is 5.89 Å². The predicted molar refractivity (Wildman–Crippen MR) is 147 cm³/mol. The molecule has 1 fully saturated rings. The fraction of sp³-hybridized carbons (Fsp3) is 0.286. The Hall–Kier alpha value is -3.11. The zero-order valence-electron chi connectivity index (χ0n) is 21.0. The number of halogens is 2. The molecule has 0 bridgehead atoms. The largest absolute Gasteiger partial charge is 0.390 e. The van der Waals surface area contributed by atoms with Gasteiger partial charge in [-0.15, -0.1) is 0 Å². The van der Waals surface area contributed by atoms with Crippen molar-refractivity contribution in [3.8, 4) is 11.5 Å². The van der Waals surface area contributed by atoms with E-state index in [1.807, 2.05) is 0 Å². The predicted octanol–water partition coefficient (Wildman–Crippen LogP) is 5.16. The molecular formula is C28H25Cl2N3O5S. The lowest BCUT2D eigenvalue weighted by Crippen LogP contribution is -2.13. The molecule has 0 spiro atoms. The van der Waals surface area contributed by atoms with E-state index in [1.54, 1.807) is 49.5 Å². The van der Waals surface area contributed by atoms with Crippen molar-refractivity contribution < 1.29 is 22.8 Å². The number of sulfone groups is 1. The molecule has 1 N–H and O–H groups in total. The molecule has 1 saturated carbocycles. The second-order valence-corrected chi connectivity index (χ2v) is 12.7. The van der Waals surface area contributed by atoms with Crippen molar-refractivity contribution in [3.05, 3.63) is 93.0 Å². The minimum atomic E-state index is -3.29. The Labute approximate surface area is 235 Å². The summed E-state index contributed by atoms with van der Waals surface area (Å²) in [5.41, 5.74) is 2.72. The SMILES string of the molecule is CCS(=O)(=O)c1ccc(CC(=O)Cc2cc(Cl)c(C3(c4noc(-c5ccc(CO)nc5)n4)CC3)c(Cl)c2)cc1. The molecule has 2 aromatic heterocycles. The molecule has 4 aromatic rings. The standard InChI is InChI=1S/C28H25Cl2N3O5S/c1-2-39(36,37)22-7-3-17(4-8-22)11-21(35)12-18-13-23(29)25(24(30)14-18)28(9-10-28)27-32-26(38-33-27)19-5-6-20(16-34)31-15-19/h3-8,13-15,34H,2,9-12,16H2,1H3. The zero-order chi connectivity index (χ0) is 27.8. The molecule has 11 heteroatoms. The Kier molecular flexibility index (Phi) is 7.61. The molecule has 2 aromatic carbocycles. The van der Waals surface area contributed by atoms with Gasteiger partial charge in [0.05, 0.1) is 33.9 Å². The van der Waals surface area contributed by atoms with Gasteiger partial charge in [0, 0.05) is 34.6 Å². The number of nitrogens with zero attached hydrogens (tertiary/aromatic N) is 3. The number of hydrogen-bond donors (Lipinski definition) is 1. The summed E-state index contributed by atoms with van der Waals surface area (Å²) in [6.45, 7) is 1.44. The molecule has 1 aliphatic carbocycles. The van der Waals surface area contributed by atoms with E-state index in [-0.39, 0.29) is 35.9 Å². The lowest BCUT2D eigenvalue weighted by molar-refractivity contribution is -0.117. The lowest BCUT2D eigenvalue weighted by atomic mass is 9.92. The summed E-state index contributed by atoms with van der Waals surface area (Å²) in [6, 6.07) is 13.3. The van der Waals surface area contributed by atoms with Crippen LogP contribution in [0, 0.1) is 0 Å². The number of rotatable bonds is 10. The van der Waals surface area contributed by atoms with Crippen molar-refractivity contribution in [2.24, 2.45) is 0 Å². The van der Waals surface area contributed by atoms with Crippen molar-refractivity contribution in [2.75, 3.05) is 5.75 Å². The van der Waals surface area contributed by atoms with Crippen LogP contribution in [0.5, 0.6) is 0 Å². The number of aliphatic hydroxyl groups excluding tert-OH is 1. The highest BCUT2D eigenvalue weighted by molar-refractivity contribution is 7.91. The molecule has 0 radical (unpaired) electrons. The van der Waals surface area contributed by atoms with E-state index >= 15 is 0 Å². The van der Waals surface area contributed by atoms with Crippen LogP contribution in [-0.2, 0) is 39.5 Å². The van der Waals surface area contributed by atoms with Gasteiger partial charge in [-0.1, -0.05) is 47.4 Å². The molecular weight excluding hydrogens is 561 g/mol. The van der Waals surface area contributed by atoms with Crippen molar-refractivity contribution in [1.82, 2.24) is 15.1 Å². The highest BCUT2D eigenvalue weighted by Crippen LogP contribution is 2.56. The van der Waals surface area contributed by atoms with Crippen LogP contribution in [0.15, 0.2) is 64.1 Å². The smallest absolute Gasteiger partial charge is 0.259 e. The Morgan fingerprint density at radius 2 is 1.69 bits per heavy atom. The normalized spacial score (nSPS) is 14.4. The van der Waals surface area contributed by atoms with Crippen LogP contribution >= 0.6 is 23.2 Å². The monoisotopic (exact) mass is 585 g/mol. The third kappa shape index (κ3) is 5.63. The molecule has 202 valence electrons. The summed E-state index contributed by atoms with van der Waals surface area (Å²) < 4.78 is 29.5. The van der Waals surface area contributed by atoms with Gasteiger partial charge in [-0.2, -0.15) is 4.98 Å². The summed E-state index contributed by atoms with van der Waals surface area (Å²) in [7, 11) is -3.29. The van der Waals surface area contributed by atoms with Gasteiger partial charge in [0.2, 0.25) is 0 Å². The Morgan fingerprint density at radius 3 is 2.26 bits per heavy atom. The van der Waals surface area contributed by atoms with E-state index in [1.165, 1.54) is 12.1 Å². The lowest BCUT2D eigenvalue weighted by Gasteiger charge is -2.16. The number of carbonyl (C=O) groups is 1. The third-order valence-corrected chi connectivity index (χ3v) is 9.23. The van der Waals surface area contributed by atoms with Crippen molar-refractivity contribution >= 4 is 38.8 Å². The number of carbonyl (C=O) groups excluding carboxylic acids is 1. The maximum atomic E-state index is 12.8. The maximum absolute atomic E-state index is 12.8. The quantitative estimate of drug-likeness (QED) is 0.271. The van der Waals surface area contributed by atoms with Gasteiger partial charge in [0.15, 0.2) is 15.7 Å². The van der Waals surface area contributed by atoms with E-state index in [4.69, 9.17) is 27.7 Å². The summed E-state index contributed by atoms with van der Waals surface area (Å²) in [5.74, 6) is 0.757. The highest BCUT2D eigenvalue weighted by Gasteiger charge is 2.52. The molecule has 0 aliphatic heterocycles. The van der Waals surface area contributed by atoms with Gasteiger partial charge in [-0.05, 0) is 60.4 Å². The summed E-state index contributed by atoms with van der Waals surface area (Å²) in [4.78, 5) is 21.8. The van der Waals surface area contributed by atoms with E-state index in [0.717, 1.165) is 18.4 Å². The van der Waals surface area contributed by atoms with Gasteiger partial charge >= 0.3 is 0 Å². The minimum absolute atomic E-state index is 0.0225. The molecule has 5 rings (SSSR count). The molecule has 39 heavy (non-hydrogen) atoms. The van der Waals surface area contributed by atoms with Gasteiger partial charge < -0.3 is 9.63 Å². The molecule has 0 unspecified atom stereocenters. The van der Waals surface area contributed by atoms with Crippen LogP contribution < -0.4 is 0 Å². The molecule has 0 saturated heterocycles. The number of benzene rings is 2. The Bertz CT molecular complexity index is 1610. The van der Waals surface area contributed by atoms with Crippen LogP contribution in [0.3, 0.4) is 0 Å².